The second-order valence-electron chi connectivity index (χ2n) is 7.15. The average molecular weight is 371 g/mol. The highest BCUT2D eigenvalue weighted by atomic mass is 19.1. The van der Waals surface area contributed by atoms with Crippen LogP contribution in [0.15, 0.2) is 33.9 Å². The fourth-order valence-electron chi connectivity index (χ4n) is 3.74. The van der Waals surface area contributed by atoms with Crippen LogP contribution < -0.4 is 16.6 Å². The molecule has 0 bridgehead atoms. The van der Waals surface area contributed by atoms with Gasteiger partial charge in [0.05, 0.1) is 6.54 Å². The number of nitrogens with one attached hydrogen (secondary N) is 1. The zero-order valence-corrected chi connectivity index (χ0v) is 15.4. The SMILES string of the molecule is Cn1c(=O)c2c(nc(NC3CCCC3)n2Cc2ccc(F)cc2)n(C)c1=O. The quantitative estimate of drug-likeness (QED) is 0.761. The molecule has 7 nitrogen and oxygen atoms in total. The van der Waals surface area contributed by atoms with E-state index in [0.717, 1.165) is 35.8 Å². The van der Waals surface area contributed by atoms with Gasteiger partial charge in [-0.2, -0.15) is 4.98 Å². The maximum absolute atomic E-state index is 13.3. The summed E-state index contributed by atoms with van der Waals surface area (Å²) >= 11 is 0. The van der Waals surface area contributed by atoms with Gasteiger partial charge in [0.1, 0.15) is 5.82 Å². The number of rotatable bonds is 4. The van der Waals surface area contributed by atoms with E-state index in [2.05, 4.69) is 10.3 Å². The maximum Gasteiger partial charge on any atom is 0.332 e. The third kappa shape index (κ3) is 3.05. The fourth-order valence-corrected chi connectivity index (χ4v) is 3.74. The van der Waals surface area contributed by atoms with Gasteiger partial charge in [-0.25, -0.2) is 9.18 Å². The van der Waals surface area contributed by atoms with Crippen LogP contribution in [0, 0.1) is 5.82 Å². The smallest absolute Gasteiger partial charge is 0.332 e. The van der Waals surface area contributed by atoms with Crippen molar-refractivity contribution in [2.24, 2.45) is 14.1 Å². The maximum atomic E-state index is 13.3. The van der Waals surface area contributed by atoms with Crippen molar-refractivity contribution in [3.8, 4) is 0 Å². The number of benzene rings is 1. The molecule has 0 aliphatic heterocycles. The molecular formula is C19H22FN5O2. The summed E-state index contributed by atoms with van der Waals surface area (Å²) in [7, 11) is 3.07. The van der Waals surface area contributed by atoms with Crippen molar-refractivity contribution in [2.45, 2.75) is 38.3 Å². The zero-order chi connectivity index (χ0) is 19.1. The summed E-state index contributed by atoms with van der Waals surface area (Å²) in [6.45, 7) is 0.360. The van der Waals surface area contributed by atoms with Crippen LogP contribution in [0.3, 0.4) is 0 Å². The molecule has 3 aromatic rings. The lowest BCUT2D eigenvalue weighted by Gasteiger charge is -2.15. The highest BCUT2D eigenvalue weighted by Crippen LogP contribution is 2.24. The van der Waals surface area contributed by atoms with Gasteiger partial charge in [0, 0.05) is 20.1 Å². The average Bonchev–Trinajstić information content (AvgIpc) is 3.29. The van der Waals surface area contributed by atoms with Gasteiger partial charge in [-0.05, 0) is 30.5 Å². The van der Waals surface area contributed by atoms with E-state index in [4.69, 9.17) is 0 Å². The standard InChI is InChI=1S/C19H22FN5O2/c1-23-16-15(17(26)24(2)19(23)27)25(11-12-7-9-13(20)10-8-12)18(22-16)21-14-5-3-4-6-14/h7-10,14H,3-6,11H2,1-2H3,(H,21,22). The van der Waals surface area contributed by atoms with Crippen LogP contribution in [0.1, 0.15) is 31.2 Å². The van der Waals surface area contributed by atoms with Crippen LogP contribution in [0.25, 0.3) is 11.2 Å². The van der Waals surface area contributed by atoms with Gasteiger partial charge in [-0.3, -0.25) is 18.5 Å². The fraction of sp³-hybridized carbons (Fsp3) is 0.421. The summed E-state index contributed by atoms with van der Waals surface area (Å²) in [6.07, 6.45) is 4.43. The minimum atomic E-state index is -0.411. The van der Waals surface area contributed by atoms with Crippen molar-refractivity contribution >= 4 is 17.1 Å². The third-order valence-corrected chi connectivity index (χ3v) is 5.29. The number of aryl methyl sites for hydroxylation is 1. The van der Waals surface area contributed by atoms with E-state index in [0.29, 0.717) is 29.7 Å². The number of hydrogen-bond acceptors (Lipinski definition) is 4. The van der Waals surface area contributed by atoms with Gasteiger partial charge in [-0.15, -0.1) is 0 Å². The van der Waals surface area contributed by atoms with Gasteiger partial charge in [0.15, 0.2) is 11.2 Å². The minimum absolute atomic E-state index is 0.301. The molecule has 142 valence electrons. The Morgan fingerprint density at radius 3 is 2.44 bits per heavy atom. The van der Waals surface area contributed by atoms with Crippen LogP contribution in [0.5, 0.6) is 0 Å². The van der Waals surface area contributed by atoms with Crippen molar-refractivity contribution < 1.29 is 4.39 Å². The predicted octanol–water partition coefficient (Wildman–Crippen LogP) is 1.98. The molecule has 4 rings (SSSR count). The van der Waals surface area contributed by atoms with Gasteiger partial charge in [-0.1, -0.05) is 25.0 Å². The number of anilines is 1. The molecule has 0 unspecified atom stereocenters. The molecular weight excluding hydrogens is 349 g/mol. The van der Waals surface area contributed by atoms with Gasteiger partial charge >= 0.3 is 5.69 Å². The van der Waals surface area contributed by atoms with Crippen LogP contribution in [-0.4, -0.2) is 24.7 Å². The number of aromatic nitrogens is 4. The summed E-state index contributed by atoms with van der Waals surface area (Å²) in [5.41, 5.74) is 0.768. The largest absolute Gasteiger partial charge is 0.353 e. The Morgan fingerprint density at radius 2 is 1.78 bits per heavy atom. The zero-order valence-electron chi connectivity index (χ0n) is 15.4. The Hall–Kier alpha value is -2.90. The van der Waals surface area contributed by atoms with Crippen LogP contribution in [-0.2, 0) is 20.6 Å². The number of imidazole rings is 1. The van der Waals surface area contributed by atoms with E-state index in [9.17, 15) is 14.0 Å². The Morgan fingerprint density at radius 1 is 1.11 bits per heavy atom. The molecule has 27 heavy (non-hydrogen) atoms. The normalized spacial score (nSPS) is 14.9. The van der Waals surface area contributed by atoms with Crippen molar-refractivity contribution in [2.75, 3.05) is 5.32 Å². The summed E-state index contributed by atoms with van der Waals surface area (Å²) in [5, 5.41) is 3.44. The highest BCUT2D eigenvalue weighted by Gasteiger charge is 2.22. The lowest BCUT2D eigenvalue weighted by Crippen LogP contribution is -2.37. The van der Waals surface area contributed by atoms with Crippen molar-refractivity contribution in [1.82, 2.24) is 18.7 Å². The summed E-state index contributed by atoms with van der Waals surface area (Å²) < 4.78 is 17.5. The van der Waals surface area contributed by atoms with Crippen LogP contribution in [0.2, 0.25) is 0 Å². The molecule has 1 aliphatic carbocycles. The molecule has 1 aromatic carbocycles. The lowest BCUT2D eigenvalue weighted by atomic mass is 10.2. The molecule has 0 spiro atoms. The Balaban J connectivity index is 1.90. The number of nitrogens with zero attached hydrogens (tertiary/aromatic N) is 4. The molecule has 2 heterocycles. The predicted molar refractivity (Wildman–Crippen MR) is 102 cm³/mol. The van der Waals surface area contributed by atoms with E-state index in [-0.39, 0.29) is 11.4 Å². The van der Waals surface area contributed by atoms with E-state index >= 15 is 0 Å². The second-order valence-corrected chi connectivity index (χ2v) is 7.15. The van der Waals surface area contributed by atoms with Crippen molar-refractivity contribution in [3.05, 3.63) is 56.5 Å². The van der Waals surface area contributed by atoms with E-state index in [1.807, 2.05) is 0 Å². The Labute approximate surface area is 155 Å². The first-order valence-electron chi connectivity index (χ1n) is 9.13. The second kappa shape index (κ2) is 6.68. The molecule has 1 saturated carbocycles. The summed E-state index contributed by atoms with van der Waals surface area (Å²) in [6, 6.07) is 6.47. The molecule has 0 atom stereocenters. The van der Waals surface area contributed by atoms with Gasteiger partial charge in [0.2, 0.25) is 5.95 Å². The Bertz CT molecular complexity index is 1100. The van der Waals surface area contributed by atoms with Gasteiger partial charge in [0.25, 0.3) is 5.56 Å². The number of fused-ring (bicyclic) bond motifs is 1. The van der Waals surface area contributed by atoms with E-state index < -0.39 is 5.69 Å². The number of halogens is 1. The van der Waals surface area contributed by atoms with Crippen molar-refractivity contribution in [1.29, 1.82) is 0 Å². The molecule has 8 heteroatoms. The van der Waals surface area contributed by atoms with E-state index in [1.54, 1.807) is 23.7 Å². The van der Waals surface area contributed by atoms with Gasteiger partial charge < -0.3 is 5.32 Å². The van der Waals surface area contributed by atoms with Crippen molar-refractivity contribution in [3.63, 3.8) is 0 Å². The van der Waals surface area contributed by atoms with Crippen LogP contribution in [0.4, 0.5) is 10.3 Å². The van der Waals surface area contributed by atoms with E-state index in [1.165, 1.54) is 23.7 Å². The minimum Gasteiger partial charge on any atom is -0.353 e. The first-order valence-corrected chi connectivity index (χ1v) is 9.13. The summed E-state index contributed by atoms with van der Waals surface area (Å²) in [5.74, 6) is 0.261. The lowest BCUT2D eigenvalue weighted by molar-refractivity contribution is 0.626. The molecule has 0 radical (unpaired) electrons. The molecule has 2 aromatic heterocycles. The molecule has 1 fully saturated rings. The Kier molecular flexibility index (Phi) is 4.33. The monoisotopic (exact) mass is 371 g/mol. The third-order valence-electron chi connectivity index (χ3n) is 5.29. The summed E-state index contributed by atoms with van der Waals surface area (Å²) in [4.78, 5) is 29.7. The topological polar surface area (TPSA) is 73.8 Å². The van der Waals surface area contributed by atoms with Crippen LogP contribution >= 0.6 is 0 Å². The molecule has 1 aliphatic rings. The molecule has 0 amide bonds. The number of hydrogen-bond donors (Lipinski definition) is 1. The molecule has 0 saturated heterocycles. The highest BCUT2D eigenvalue weighted by molar-refractivity contribution is 5.74. The first kappa shape index (κ1) is 17.5. The first-order chi connectivity index (χ1) is 13.0. The molecule has 1 N–H and O–H groups in total.